The molecule has 5 nitrogen and oxygen atoms in total. The number of nitrogens with one attached hydrogen (secondary N) is 1. The standard InChI is InChI=1S/C13H16BrNO4/c1-8(2)19-11-5-4-9(13(17)18-3)6-10(11)15-12(16)7-14/h4-6,8H,7H2,1-3H3,(H,15,16). The number of carbonyl (C=O) groups excluding carboxylic acids is 2. The molecule has 0 heterocycles. The van der Waals surface area contributed by atoms with Crippen LogP contribution in [0.5, 0.6) is 5.75 Å². The van der Waals surface area contributed by atoms with Gasteiger partial charge in [0.15, 0.2) is 0 Å². The fourth-order valence-corrected chi connectivity index (χ4v) is 1.55. The maximum absolute atomic E-state index is 11.5. The number of alkyl halides is 1. The average Bonchev–Trinajstić information content (AvgIpc) is 2.39. The zero-order chi connectivity index (χ0) is 14.4. The second kappa shape index (κ2) is 7.13. The fourth-order valence-electron chi connectivity index (χ4n) is 1.41. The summed E-state index contributed by atoms with van der Waals surface area (Å²) in [6.45, 7) is 3.76. The highest BCUT2D eigenvalue weighted by Crippen LogP contribution is 2.27. The normalized spacial score (nSPS) is 10.2. The molecule has 0 unspecified atom stereocenters. The molecule has 0 spiro atoms. The molecule has 0 aliphatic heterocycles. The van der Waals surface area contributed by atoms with Crippen LogP contribution in [0.25, 0.3) is 0 Å². The zero-order valence-corrected chi connectivity index (χ0v) is 12.6. The number of hydrogen-bond acceptors (Lipinski definition) is 4. The van der Waals surface area contributed by atoms with Crippen LogP contribution in [-0.4, -0.2) is 30.4 Å². The quantitative estimate of drug-likeness (QED) is 0.666. The molecule has 0 atom stereocenters. The van der Waals surface area contributed by atoms with Crippen molar-refractivity contribution in [1.29, 1.82) is 0 Å². The van der Waals surface area contributed by atoms with Gasteiger partial charge in [-0.05, 0) is 32.0 Å². The molecular weight excluding hydrogens is 314 g/mol. The topological polar surface area (TPSA) is 64.6 Å². The van der Waals surface area contributed by atoms with Gasteiger partial charge in [-0.2, -0.15) is 0 Å². The fraction of sp³-hybridized carbons (Fsp3) is 0.385. The van der Waals surface area contributed by atoms with Gasteiger partial charge in [0.1, 0.15) is 5.75 Å². The van der Waals surface area contributed by atoms with Gasteiger partial charge in [-0.25, -0.2) is 4.79 Å². The zero-order valence-electron chi connectivity index (χ0n) is 11.0. The summed E-state index contributed by atoms with van der Waals surface area (Å²) >= 11 is 3.06. The third kappa shape index (κ3) is 4.55. The Balaban J connectivity index is 3.10. The minimum Gasteiger partial charge on any atom is -0.489 e. The first-order valence-corrected chi connectivity index (χ1v) is 6.85. The second-order valence-corrected chi connectivity index (χ2v) is 4.61. The lowest BCUT2D eigenvalue weighted by molar-refractivity contribution is -0.113. The first kappa shape index (κ1) is 15.5. The van der Waals surface area contributed by atoms with Gasteiger partial charge >= 0.3 is 5.97 Å². The lowest BCUT2D eigenvalue weighted by Gasteiger charge is -2.15. The summed E-state index contributed by atoms with van der Waals surface area (Å²) in [6.07, 6.45) is -0.0383. The van der Waals surface area contributed by atoms with Crippen LogP contribution in [0.4, 0.5) is 5.69 Å². The molecular formula is C13H16BrNO4. The van der Waals surface area contributed by atoms with Gasteiger partial charge in [0.05, 0.1) is 29.8 Å². The number of rotatable bonds is 5. The van der Waals surface area contributed by atoms with Gasteiger partial charge in [0.2, 0.25) is 5.91 Å². The molecule has 0 fully saturated rings. The molecule has 0 saturated heterocycles. The Labute approximate surface area is 120 Å². The smallest absolute Gasteiger partial charge is 0.337 e. The third-order valence-electron chi connectivity index (χ3n) is 2.16. The van der Waals surface area contributed by atoms with Gasteiger partial charge in [0, 0.05) is 0 Å². The second-order valence-electron chi connectivity index (χ2n) is 4.05. The number of carbonyl (C=O) groups is 2. The summed E-state index contributed by atoms with van der Waals surface area (Å²) in [7, 11) is 1.30. The van der Waals surface area contributed by atoms with Gasteiger partial charge in [-0.1, -0.05) is 15.9 Å². The van der Waals surface area contributed by atoms with E-state index in [4.69, 9.17) is 4.74 Å². The van der Waals surface area contributed by atoms with E-state index in [1.165, 1.54) is 13.2 Å². The molecule has 1 aromatic carbocycles. The monoisotopic (exact) mass is 329 g/mol. The molecule has 1 N–H and O–H groups in total. The van der Waals surface area contributed by atoms with Crippen LogP contribution in [0.1, 0.15) is 24.2 Å². The molecule has 0 bridgehead atoms. The molecule has 1 aromatic rings. The molecule has 104 valence electrons. The Bertz CT molecular complexity index is 474. The summed E-state index contributed by atoms with van der Waals surface area (Å²) in [5.41, 5.74) is 0.796. The average molecular weight is 330 g/mol. The summed E-state index contributed by atoms with van der Waals surface area (Å²) < 4.78 is 10.2. The van der Waals surface area contributed by atoms with Crippen molar-refractivity contribution in [3.05, 3.63) is 23.8 Å². The Morgan fingerprint density at radius 2 is 2.05 bits per heavy atom. The SMILES string of the molecule is COC(=O)c1ccc(OC(C)C)c(NC(=O)CBr)c1. The van der Waals surface area contributed by atoms with Crippen LogP contribution in [0.3, 0.4) is 0 Å². The van der Waals surface area contributed by atoms with E-state index >= 15 is 0 Å². The first-order valence-electron chi connectivity index (χ1n) is 5.72. The predicted molar refractivity (Wildman–Crippen MR) is 76.0 cm³/mol. The molecule has 1 rings (SSSR count). The largest absolute Gasteiger partial charge is 0.489 e. The van der Waals surface area contributed by atoms with Gasteiger partial charge in [-0.3, -0.25) is 4.79 Å². The van der Waals surface area contributed by atoms with Crippen LogP contribution >= 0.6 is 15.9 Å². The van der Waals surface area contributed by atoms with E-state index in [0.717, 1.165) is 0 Å². The summed E-state index contributed by atoms with van der Waals surface area (Å²) in [5.74, 6) is -0.182. The minimum absolute atomic E-state index is 0.0383. The number of amides is 1. The highest BCUT2D eigenvalue weighted by Gasteiger charge is 2.13. The number of anilines is 1. The number of methoxy groups -OCH3 is 1. The highest BCUT2D eigenvalue weighted by molar-refractivity contribution is 9.09. The van der Waals surface area contributed by atoms with Crippen molar-refractivity contribution in [2.75, 3.05) is 17.8 Å². The Hall–Kier alpha value is -1.56. The lowest BCUT2D eigenvalue weighted by Crippen LogP contribution is -2.15. The molecule has 0 aliphatic rings. The van der Waals surface area contributed by atoms with E-state index in [9.17, 15) is 9.59 Å². The first-order chi connectivity index (χ1) is 8.97. The number of ether oxygens (including phenoxy) is 2. The lowest BCUT2D eigenvalue weighted by atomic mass is 10.2. The van der Waals surface area contributed by atoms with E-state index in [1.54, 1.807) is 12.1 Å². The Morgan fingerprint density at radius 3 is 2.58 bits per heavy atom. The van der Waals surface area contributed by atoms with Crippen molar-refractivity contribution >= 4 is 33.5 Å². The molecule has 6 heteroatoms. The van der Waals surface area contributed by atoms with Crippen molar-refractivity contribution in [3.63, 3.8) is 0 Å². The molecule has 1 amide bonds. The molecule has 0 radical (unpaired) electrons. The summed E-state index contributed by atoms with van der Waals surface area (Å²) in [5, 5.41) is 2.83. The summed E-state index contributed by atoms with van der Waals surface area (Å²) in [4.78, 5) is 22.9. The summed E-state index contributed by atoms with van der Waals surface area (Å²) in [6, 6.07) is 4.76. The van der Waals surface area contributed by atoms with E-state index in [0.29, 0.717) is 17.0 Å². The van der Waals surface area contributed by atoms with Gasteiger partial charge in [0.25, 0.3) is 0 Å². The molecule has 0 saturated carbocycles. The van der Waals surface area contributed by atoms with E-state index in [1.807, 2.05) is 13.8 Å². The van der Waals surface area contributed by atoms with Crippen molar-refractivity contribution in [2.24, 2.45) is 0 Å². The van der Waals surface area contributed by atoms with Crippen LogP contribution in [0, 0.1) is 0 Å². The van der Waals surface area contributed by atoms with E-state index < -0.39 is 5.97 Å². The van der Waals surface area contributed by atoms with Crippen LogP contribution in [-0.2, 0) is 9.53 Å². The maximum atomic E-state index is 11.5. The number of esters is 1. The van der Waals surface area contributed by atoms with Crippen molar-refractivity contribution in [1.82, 2.24) is 0 Å². The maximum Gasteiger partial charge on any atom is 0.337 e. The number of hydrogen-bond donors (Lipinski definition) is 1. The molecule has 0 aromatic heterocycles. The van der Waals surface area contributed by atoms with E-state index in [2.05, 4.69) is 26.0 Å². The Morgan fingerprint density at radius 1 is 1.37 bits per heavy atom. The minimum atomic E-state index is -0.467. The van der Waals surface area contributed by atoms with Gasteiger partial charge in [-0.15, -0.1) is 0 Å². The van der Waals surface area contributed by atoms with Crippen molar-refractivity contribution in [3.8, 4) is 5.75 Å². The van der Waals surface area contributed by atoms with Crippen LogP contribution in [0.2, 0.25) is 0 Å². The number of benzene rings is 1. The third-order valence-corrected chi connectivity index (χ3v) is 2.67. The molecule has 0 aliphatic carbocycles. The number of halogens is 1. The van der Waals surface area contributed by atoms with E-state index in [-0.39, 0.29) is 17.3 Å². The van der Waals surface area contributed by atoms with Crippen LogP contribution in [0.15, 0.2) is 18.2 Å². The van der Waals surface area contributed by atoms with Crippen molar-refractivity contribution in [2.45, 2.75) is 20.0 Å². The van der Waals surface area contributed by atoms with Crippen LogP contribution < -0.4 is 10.1 Å². The Kier molecular flexibility index (Phi) is 5.82. The van der Waals surface area contributed by atoms with Crippen molar-refractivity contribution < 1.29 is 19.1 Å². The van der Waals surface area contributed by atoms with Gasteiger partial charge < -0.3 is 14.8 Å². The predicted octanol–water partition coefficient (Wildman–Crippen LogP) is 2.59. The highest BCUT2D eigenvalue weighted by atomic mass is 79.9. The molecule has 19 heavy (non-hydrogen) atoms.